The molecule has 2 heterocycles. The van der Waals surface area contributed by atoms with Crippen LogP contribution >= 0.6 is 0 Å². The molecule has 1 aromatic rings. The molecule has 3 unspecified atom stereocenters. The number of nitrogens with one attached hydrogen (secondary N) is 1. The first-order valence-electron chi connectivity index (χ1n) is 5.99. The molecule has 0 aliphatic carbocycles. The highest BCUT2D eigenvalue weighted by Crippen LogP contribution is 2.25. The first-order valence-corrected chi connectivity index (χ1v) is 5.99. The summed E-state index contributed by atoms with van der Waals surface area (Å²) in [5.74, 6) is 2.64. The topological polar surface area (TPSA) is 49.9 Å². The highest BCUT2D eigenvalue weighted by atomic mass is 16.3. The van der Waals surface area contributed by atoms with Crippen LogP contribution in [0, 0.1) is 5.92 Å². The molecule has 0 amide bonds. The standard InChI is InChI=1S/C13H19N3O/c1-8(12-5-6-17-7-12)9(2)13-15-10(3)14-11(4)16-13/h5-10H,1-4H3,(H,14,15,16). The Labute approximate surface area is 102 Å². The normalized spacial score (nSPS) is 23.4. The number of rotatable bonds is 3. The SMILES string of the molecule is CC1=NC(C)N=C(C(C)C(C)c2ccoc2)N1. The van der Waals surface area contributed by atoms with Crippen molar-refractivity contribution in [2.24, 2.45) is 15.9 Å². The van der Waals surface area contributed by atoms with Crippen LogP contribution in [0.15, 0.2) is 33.0 Å². The van der Waals surface area contributed by atoms with Crippen molar-refractivity contribution in [1.29, 1.82) is 0 Å². The minimum Gasteiger partial charge on any atom is -0.472 e. The van der Waals surface area contributed by atoms with Crippen LogP contribution < -0.4 is 5.32 Å². The van der Waals surface area contributed by atoms with Gasteiger partial charge in [0.25, 0.3) is 0 Å². The maximum atomic E-state index is 5.13. The van der Waals surface area contributed by atoms with Crippen molar-refractivity contribution >= 4 is 11.7 Å². The van der Waals surface area contributed by atoms with Gasteiger partial charge in [0.2, 0.25) is 0 Å². The largest absolute Gasteiger partial charge is 0.472 e. The maximum Gasteiger partial charge on any atom is 0.140 e. The monoisotopic (exact) mass is 233 g/mol. The molecule has 17 heavy (non-hydrogen) atoms. The van der Waals surface area contributed by atoms with Crippen LogP contribution in [-0.4, -0.2) is 17.8 Å². The Morgan fingerprint density at radius 3 is 2.65 bits per heavy atom. The average molecular weight is 233 g/mol. The Bertz CT molecular complexity index is 434. The molecule has 0 fully saturated rings. The van der Waals surface area contributed by atoms with Crippen LogP contribution in [0.25, 0.3) is 0 Å². The highest BCUT2D eigenvalue weighted by molar-refractivity contribution is 6.02. The molecule has 4 nitrogen and oxygen atoms in total. The van der Waals surface area contributed by atoms with Gasteiger partial charge >= 0.3 is 0 Å². The summed E-state index contributed by atoms with van der Waals surface area (Å²) < 4.78 is 5.13. The van der Waals surface area contributed by atoms with E-state index in [2.05, 4.69) is 29.1 Å². The minimum absolute atomic E-state index is 0.0187. The number of amidine groups is 2. The van der Waals surface area contributed by atoms with Crippen molar-refractivity contribution in [3.8, 4) is 0 Å². The van der Waals surface area contributed by atoms with Crippen LogP contribution in [0.3, 0.4) is 0 Å². The second kappa shape index (κ2) is 4.73. The van der Waals surface area contributed by atoms with E-state index in [0.29, 0.717) is 11.8 Å². The van der Waals surface area contributed by atoms with Crippen LogP contribution in [0.5, 0.6) is 0 Å². The third-order valence-corrected chi connectivity index (χ3v) is 3.27. The van der Waals surface area contributed by atoms with E-state index in [9.17, 15) is 0 Å². The van der Waals surface area contributed by atoms with Crippen LogP contribution in [-0.2, 0) is 0 Å². The summed E-state index contributed by atoms with van der Waals surface area (Å²) in [6.07, 6.45) is 3.53. The second-order valence-electron chi connectivity index (χ2n) is 4.62. The van der Waals surface area contributed by atoms with E-state index in [1.165, 1.54) is 5.56 Å². The van der Waals surface area contributed by atoms with Gasteiger partial charge in [-0.1, -0.05) is 13.8 Å². The fourth-order valence-corrected chi connectivity index (χ4v) is 2.05. The number of aliphatic imine (C=N–C) groups is 2. The van der Waals surface area contributed by atoms with Gasteiger partial charge in [-0.25, -0.2) is 9.98 Å². The van der Waals surface area contributed by atoms with Crippen molar-refractivity contribution in [2.45, 2.75) is 39.8 Å². The summed E-state index contributed by atoms with van der Waals surface area (Å²) in [6.45, 7) is 8.33. The van der Waals surface area contributed by atoms with Crippen molar-refractivity contribution < 1.29 is 4.42 Å². The summed E-state index contributed by atoms with van der Waals surface area (Å²) in [7, 11) is 0. The molecule has 1 N–H and O–H groups in total. The number of hydrogen-bond donors (Lipinski definition) is 1. The lowest BCUT2D eigenvalue weighted by molar-refractivity contribution is 0.547. The van der Waals surface area contributed by atoms with Crippen molar-refractivity contribution in [2.75, 3.05) is 0 Å². The summed E-state index contributed by atoms with van der Waals surface area (Å²) in [5, 5.41) is 3.26. The zero-order valence-corrected chi connectivity index (χ0v) is 10.8. The summed E-state index contributed by atoms with van der Waals surface area (Å²) in [6, 6.07) is 2.01. The molecule has 0 spiro atoms. The molecule has 0 saturated heterocycles. The number of furan rings is 1. The van der Waals surface area contributed by atoms with Gasteiger partial charge in [-0.3, -0.25) is 0 Å². The minimum atomic E-state index is 0.0187. The van der Waals surface area contributed by atoms with E-state index in [-0.39, 0.29) is 6.17 Å². The van der Waals surface area contributed by atoms with Crippen LogP contribution in [0.4, 0.5) is 0 Å². The van der Waals surface area contributed by atoms with E-state index in [1.807, 2.05) is 19.9 Å². The van der Waals surface area contributed by atoms with Gasteiger partial charge in [0.15, 0.2) is 0 Å². The van der Waals surface area contributed by atoms with Crippen molar-refractivity contribution in [3.63, 3.8) is 0 Å². The molecule has 0 saturated carbocycles. The highest BCUT2D eigenvalue weighted by Gasteiger charge is 2.23. The van der Waals surface area contributed by atoms with E-state index in [0.717, 1.165) is 11.7 Å². The first-order chi connectivity index (χ1) is 8.08. The number of hydrogen-bond acceptors (Lipinski definition) is 4. The zero-order chi connectivity index (χ0) is 12.4. The molecule has 0 aromatic carbocycles. The smallest absolute Gasteiger partial charge is 0.140 e. The zero-order valence-electron chi connectivity index (χ0n) is 10.8. The van der Waals surface area contributed by atoms with Gasteiger partial charge in [-0.15, -0.1) is 0 Å². The fourth-order valence-electron chi connectivity index (χ4n) is 2.05. The molecule has 1 aromatic heterocycles. The van der Waals surface area contributed by atoms with E-state index in [4.69, 9.17) is 4.42 Å². The predicted molar refractivity (Wildman–Crippen MR) is 69.4 cm³/mol. The van der Waals surface area contributed by atoms with Crippen molar-refractivity contribution in [3.05, 3.63) is 24.2 Å². The molecule has 2 rings (SSSR count). The summed E-state index contributed by atoms with van der Waals surface area (Å²) in [4.78, 5) is 8.89. The Balaban J connectivity index is 2.13. The van der Waals surface area contributed by atoms with Gasteiger partial charge in [-0.05, 0) is 31.4 Å². The van der Waals surface area contributed by atoms with Gasteiger partial charge in [0.1, 0.15) is 17.8 Å². The van der Waals surface area contributed by atoms with Crippen LogP contribution in [0.1, 0.15) is 39.2 Å². The molecule has 1 aliphatic heterocycles. The van der Waals surface area contributed by atoms with E-state index < -0.39 is 0 Å². The van der Waals surface area contributed by atoms with Crippen LogP contribution in [0.2, 0.25) is 0 Å². The summed E-state index contributed by atoms with van der Waals surface area (Å²) in [5.41, 5.74) is 1.20. The van der Waals surface area contributed by atoms with E-state index >= 15 is 0 Å². The second-order valence-corrected chi connectivity index (χ2v) is 4.62. The molecule has 1 aliphatic rings. The summed E-state index contributed by atoms with van der Waals surface area (Å²) >= 11 is 0. The average Bonchev–Trinajstić information content (AvgIpc) is 2.79. The van der Waals surface area contributed by atoms with Gasteiger partial charge in [0.05, 0.1) is 12.5 Å². The third-order valence-electron chi connectivity index (χ3n) is 3.27. The lowest BCUT2D eigenvalue weighted by atomic mass is 9.89. The van der Waals surface area contributed by atoms with Gasteiger partial charge < -0.3 is 9.73 Å². The first kappa shape index (κ1) is 11.9. The van der Waals surface area contributed by atoms with Gasteiger partial charge in [-0.2, -0.15) is 0 Å². The molecule has 4 heteroatoms. The van der Waals surface area contributed by atoms with Crippen molar-refractivity contribution in [1.82, 2.24) is 5.32 Å². The maximum absolute atomic E-state index is 5.13. The molecule has 0 bridgehead atoms. The quantitative estimate of drug-likeness (QED) is 0.872. The Kier molecular flexibility index (Phi) is 3.31. The molecular formula is C13H19N3O. The molecule has 0 radical (unpaired) electrons. The third kappa shape index (κ3) is 2.57. The molecular weight excluding hydrogens is 214 g/mol. The van der Waals surface area contributed by atoms with E-state index in [1.54, 1.807) is 12.5 Å². The fraction of sp³-hybridized carbons (Fsp3) is 0.538. The lowest BCUT2D eigenvalue weighted by Crippen LogP contribution is -2.39. The Morgan fingerprint density at radius 2 is 2.06 bits per heavy atom. The molecule has 3 atom stereocenters. The Morgan fingerprint density at radius 1 is 1.29 bits per heavy atom. The van der Waals surface area contributed by atoms with Gasteiger partial charge in [0, 0.05) is 5.92 Å². The number of nitrogens with zero attached hydrogens (tertiary/aromatic N) is 2. The predicted octanol–water partition coefficient (Wildman–Crippen LogP) is 2.79. The Hall–Kier alpha value is -1.58. The lowest BCUT2D eigenvalue weighted by Gasteiger charge is -2.25. The molecule has 92 valence electrons.